The highest BCUT2D eigenvalue weighted by molar-refractivity contribution is 5.83. The van der Waals surface area contributed by atoms with Crippen molar-refractivity contribution >= 4 is 45.3 Å². The molecule has 2 N–H and O–H groups in total. The Morgan fingerprint density at radius 2 is 1.29 bits per heavy atom. The molecule has 5 aliphatic rings. The van der Waals surface area contributed by atoms with Crippen molar-refractivity contribution in [3.8, 4) is 0 Å². The lowest BCUT2D eigenvalue weighted by Crippen LogP contribution is -2.38. The third-order valence-corrected chi connectivity index (χ3v) is 15.5. The molecule has 2 aromatic heterocycles. The number of anilines is 2. The highest BCUT2D eigenvalue weighted by atomic mass is 19.1. The molecule has 2 amide bonds. The SMILES string of the molecule is COCCCCC(=O)N1CCC[C@H]1c1nc2cc([C@H]3CC[C@H](c4ccc5[nH]c([C@@H]6CCCN6C(=O)[C@@H]6CCCO6)nc5c4)N3c3cc(F)c(N4CCC(c5ccccc5)CC4)c(F)c3)ccc2[nH]1. The number of nitrogens with one attached hydrogen (secondary N) is 2. The summed E-state index contributed by atoms with van der Waals surface area (Å²) in [6, 6.07) is 25.3. The van der Waals surface area contributed by atoms with Gasteiger partial charge in [-0.05, 0) is 136 Å². The first-order valence-electron chi connectivity index (χ1n) is 25.1. The van der Waals surface area contributed by atoms with Crippen molar-refractivity contribution in [2.75, 3.05) is 56.3 Å². The summed E-state index contributed by atoms with van der Waals surface area (Å²) in [4.78, 5) is 52.1. The molecule has 6 aromatic rings. The summed E-state index contributed by atoms with van der Waals surface area (Å²) in [6.07, 6.45) is 10.0. The van der Waals surface area contributed by atoms with E-state index in [0.29, 0.717) is 57.4 Å². The van der Waals surface area contributed by atoms with Crippen molar-refractivity contribution < 1.29 is 27.8 Å². The van der Waals surface area contributed by atoms with Crippen molar-refractivity contribution in [1.82, 2.24) is 29.7 Å². The van der Waals surface area contributed by atoms with Crippen LogP contribution in [0.15, 0.2) is 78.9 Å². The van der Waals surface area contributed by atoms with Crippen LogP contribution >= 0.6 is 0 Å². The third-order valence-electron chi connectivity index (χ3n) is 15.5. The van der Waals surface area contributed by atoms with E-state index in [2.05, 4.69) is 69.5 Å². The van der Waals surface area contributed by atoms with Crippen LogP contribution in [0.25, 0.3) is 22.1 Å². The van der Waals surface area contributed by atoms with E-state index >= 15 is 8.78 Å². The molecule has 356 valence electrons. The van der Waals surface area contributed by atoms with Gasteiger partial charge in [0.2, 0.25) is 5.91 Å². The summed E-state index contributed by atoms with van der Waals surface area (Å²) < 4.78 is 44.4. The molecule has 0 radical (unpaired) electrons. The van der Waals surface area contributed by atoms with Gasteiger partial charge in [-0.2, -0.15) is 0 Å². The van der Waals surface area contributed by atoms with Crippen molar-refractivity contribution in [3.05, 3.63) is 119 Å². The number of nitrogens with zero attached hydrogens (tertiary/aromatic N) is 6. The number of halogens is 2. The zero-order valence-electron chi connectivity index (χ0n) is 39.0. The summed E-state index contributed by atoms with van der Waals surface area (Å²) >= 11 is 0. The molecule has 5 fully saturated rings. The number of aromatic amines is 2. The minimum atomic E-state index is -0.560. The Labute approximate surface area is 396 Å². The molecular formula is C54H62F2N8O4. The Hall–Kier alpha value is -5.86. The second kappa shape index (κ2) is 19.3. The van der Waals surface area contributed by atoms with Crippen molar-refractivity contribution in [1.29, 1.82) is 0 Å². The molecule has 14 heteroatoms. The lowest BCUT2D eigenvalue weighted by atomic mass is 9.89. The van der Waals surface area contributed by atoms with Crippen LogP contribution in [-0.4, -0.2) is 94.2 Å². The van der Waals surface area contributed by atoms with Gasteiger partial charge in [-0.25, -0.2) is 18.7 Å². The number of unbranched alkanes of at least 4 members (excludes halogenated alkanes) is 1. The highest BCUT2D eigenvalue weighted by Gasteiger charge is 2.40. The fourth-order valence-electron chi connectivity index (χ4n) is 12.1. The summed E-state index contributed by atoms with van der Waals surface area (Å²) in [6.45, 7) is 3.80. The molecule has 68 heavy (non-hydrogen) atoms. The molecule has 0 spiro atoms. The molecule has 12 nitrogen and oxygen atoms in total. The number of ether oxygens (including phenoxy) is 2. The quantitative estimate of drug-likeness (QED) is 0.110. The Morgan fingerprint density at radius 1 is 0.676 bits per heavy atom. The number of methoxy groups -OCH3 is 1. The van der Waals surface area contributed by atoms with E-state index in [0.717, 1.165) is 122 Å². The normalized spacial score (nSPS) is 23.5. The number of piperidine rings is 1. The number of aromatic nitrogens is 4. The summed E-state index contributed by atoms with van der Waals surface area (Å²) in [5.74, 6) is 0.993. The number of carbonyl (C=O) groups excluding carboxylic acids is 2. The summed E-state index contributed by atoms with van der Waals surface area (Å²) in [7, 11) is 1.68. The van der Waals surface area contributed by atoms with E-state index in [4.69, 9.17) is 19.4 Å². The first-order valence-corrected chi connectivity index (χ1v) is 25.1. The minimum Gasteiger partial charge on any atom is -0.385 e. The Balaban J connectivity index is 0.899. The number of benzene rings is 4. The van der Waals surface area contributed by atoms with Gasteiger partial charge < -0.3 is 39.0 Å². The third kappa shape index (κ3) is 8.63. The van der Waals surface area contributed by atoms with Gasteiger partial charge in [0.05, 0.1) is 46.2 Å². The number of imidazole rings is 2. The number of likely N-dealkylation sites (tertiary alicyclic amines) is 2. The lowest BCUT2D eigenvalue weighted by Gasteiger charge is -2.36. The van der Waals surface area contributed by atoms with Crippen LogP contribution in [0.4, 0.5) is 20.2 Å². The minimum absolute atomic E-state index is 0.0387. The van der Waals surface area contributed by atoms with Gasteiger partial charge in [0.1, 0.15) is 23.4 Å². The maximum Gasteiger partial charge on any atom is 0.252 e. The average molecular weight is 925 g/mol. The van der Waals surface area contributed by atoms with Crippen LogP contribution in [0.3, 0.4) is 0 Å². The standard InChI is InChI=1S/C54H62F2N8O4/c1-67-28-6-5-15-50(65)62-24-7-12-47(62)52-57-41-18-16-36(30-43(41)59-52)45-20-21-46(37-17-19-42-44(31-37)60-53(58-42)48-13-8-25-63(48)54(66)49-14-9-29-68-49)64(45)38-32-39(55)51(40(56)33-38)61-26-22-35(23-27-61)34-10-3-2-4-11-34/h2-4,10-11,16-19,30-33,35,45-49H,5-9,12-15,20-29H2,1H3,(H,57,59)(H,58,60)/t45-,46-,47+,48+,49+/m1/s1. The lowest BCUT2D eigenvalue weighted by molar-refractivity contribution is -0.142. The Bertz CT molecular complexity index is 2740. The number of amides is 2. The molecule has 0 unspecified atom stereocenters. The van der Waals surface area contributed by atoms with E-state index in [1.165, 1.54) is 17.7 Å². The number of rotatable bonds is 13. The fraction of sp³-hybridized carbons (Fsp3) is 0.481. The molecule has 0 bridgehead atoms. The van der Waals surface area contributed by atoms with E-state index in [1.54, 1.807) is 7.11 Å². The molecule has 4 aromatic carbocycles. The second-order valence-electron chi connectivity index (χ2n) is 19.6. The van der Waals surface area contributed by atoms with Gasteiger partial charge in [-0.1, -0.05) is 42.5 Å². The largest absolute Gasteiger partial charge is 0.385 e. The summed E-state index contributed by atoms with van der Waals surface area (Å²) in [5, 5.41) is 0. The number of hydrogen-bond donors (Lipinski definition) is 2. The smallest absolute Gasteiger partial charge is 0.252 e. The van der Waals surface area contributed by atoms with E-state index < -0.39 is 11.6 Å². The van der Waals surface area contributed by atoms with Gasteiger partial charge >= 0.3 is 0 Å². The Morgan fingerprint density at radius 3 is 1.90 bits per heavy atom. The van der Waals surface area contributed by atoms with Crippen LogP contribution in [-0.2, 0) is 19.1 Å². The fourth-order valence-corrected chi connectivity index (χ4v) is 12.1. The molecule has 5 saturated heterocycles. The van der Waals surface area contributed by atoms with Crippen LogP contribution < -0.4 is 9.80 Å². The number of carbonyl (C=O) groups is 2. The summed E-state index contributed by atoms with van der Waals surface area (Å²) in [5.41, 5.74) is 7.17. The first-order chi connectivity index (χ1) is 33.3. The first kappa shape index (κ1) is 44.6. The van der Waals surface area contributed by atoms with E-state index in [1.807, 2.05) is 26.8 Å². The van der Waals surface area contributed by atoms with Crippen LogP contribution in [0, 0.1) is 11.6 Å². The molecule has 5 atom stereocenters. The van der Waals surface area contributed by atoms with Crippen LogP contribution in [0.5, 0.6) is 0 Å². The van der Waals surface area contributed by atoms with Gasteiger partial charge in [0.15, 0.2) is 11.6 Å². The van der Waals surface area contributed by atoms with Crippen molar-refractivity contribution in [3.63, 3.8) is 0 Å². The van der Waals surface area contributed by atoms with Crippen LogP contribution in [0.1, 0.15) is 142 Å². The highest BCUT2D eigenvalue weighted by Crippen LogP contribution is 2.49. The van der Waals surface area contributed by atoms with Crippen molar-refractivity contribution in [2.45, 2.75) is 120 Å². The average Bonchev–Trinajstić information content (AvgIpc) is 4.23. The van der Waals surface area contributed by atoms with E-state index in [9.17, 15) is 9.59 Å². The van der Waals surface area contributed by atoms with Crippen LogP contribution in [0.2, 0.25) is 0 Å². The molecule has 11 rings (SSSR count). The zero-order chi connectivity index (χ0) is 46.3. The predicted octanol–water partition coefficient (Wildman–Crippen LogP) is 10.5. The van der Waals surface area contributed by atoms with Gasteiger partial charge in [0, 0.05) is 58.6 Å². The second-order valence-corrected chi connectivity index (χ2v) is 19.6. The van der Waals surface area contributed by atoms with Gasteiger partial charge in [-0.15, -0.1) is 0 Å². The maximum atomic E-state index is 16.7. The monoisotopic (exact) mass is 924 g/mol. The molecule has 5 aliphatic heterocycles. The van der Waals surface area contributed by atoms with Crippen molar-refractivity contribution in [2.24, 2.45) is 0 Å². The zero-order valence-corrected chi connectivity index (χ0v) is 39.0. The number of hydrogen-bond acceptors (Lipinski definition) is 8. The molecule has 0 saturated carbocycles. The van der Waals surface area contributed by atoms with Gasteiger partial charge in [-0.3, -0.25) is 9.59 Å². The molecule has 7 heterocycles. The predicted molar refractivity (Wildman–Crippen MR) is 258 cm³/mol. The molecular weight excluding hydrogens is 863 g/mol. The molecule has 0 aliphatic carbocycles. The van der Waals surface area contributed by atoms with Gasteiger partial charge in [0.25, 0.3) is 5.91 Å². The number of H-pyrrole nitrogens is 2. The van der Waals surface area contributed by atoms with E-state index in [-0.39, 0.29) is 47.8 Å². The maximum absolute atomic E-state index is 16.7. The topological polar surface area (TPSA) is 123 Å². The number of fused-ring (bicyclic) bond motifs is 2. The Kier molecular flexibility index (Phi) is 12.6.